The molecular weight excluding hydrogens is 305 g/mol. The number of nitrogens with one attached hydrogen (secondary N) is 1. The van der Waals surface area contributed by atoms with Crippen LogP contribution in [-0.4, -0.2) is 20.8 Å². The molecule has 1 aliphatic carbocycles. The summed E-state index contributed by atoms with van der Waals surface area (Å²) in [5.41, 5.74) is -0.101. The van der Waals surface area contributed by atoms with Gasteiger partial charge in [-0.25, -0.2) is 13.1 Å². The molecule has 1 N–H and O–H groups in total. The smallest absolute Gasteiger partial charge is 0.211 e. The molecule has 0 bridgehead atoms. The molecule has 19 heavy (non-hydrogen) atoms. The Hall–Kier alpha value is -0.290. The molecule has 1 saturated carbocycles. The molecule has 0 heterocycles. The van der Waals surface area contributed by atoms with Crippen LogP contribution in [0.2, 0.25) is 5.02 Å². The van der Waals surface area contributed by atoms with Crippen LogP contribution in [0.4, 0.5) is 0 Å². The zero-order chi connectivity index (χ0) is 13.9. The molecule has 1 fully saturated rings. The second kappa shape index (κ2) is 6.00. The molecule has 6 heteroatoms. The molecule has 2 rings (SSSR count). The van der Waals surface area contributed by atoms with Gasteiger partial charge >= 0.3 is 0 Å². The van der Waals surface area contributed by atoms with E-state index in [9.17, 15) is 8.42 Å². The number of sulfonamides is 1. The Balaban J connectivity index is 2.12. The molecule has 0 aliphatic heterocycles. The normalized spacial score (nSPS) is 18.6. The highest BCUT2D eigenvalue weighted by Gasteiger charge is 2.34. The maximum Gasteiger partial charge on any atom is 0.242 e. The molecule has 0 saturated heterocycles. The maximum atomic E-state index is 12.2. The first kappa shape index (κ1) is 15.1. The Morgan fingerprint density at radius 3 is 2.42 bits per heavy atom. The predicted octanol–water partition coefficient (Wildman–Crippen LogP) is 3.42. The van der Waals surface area contributed by atoms with Crippen molar-refractivity contribution in [3.05, 3.63) is 29.3 Å². The van der Waals surface area contributed by atoms with Crippen LogP contribution in [-0.2, 0) is 10.0 Å². The van der Waals surface area contributed by atoms with Crippen molar-refractivity contribution in [3.8, 4) is 0 Å². The topological polar surface area (TPSA) is 46.2 Å². The first-order valence-corrected chi connectivity index (χ1v) is 8.69. The minimum Gasteiger partial charge on any atom is -0.211 e. The maximum absolute atomic E-state index is 12.2. The van der Waals surface area contributed by atoms with Crippen molar-refractivity contribution >= 4 is 33.2 Å². The zero-order valence-corrected chi connectivity index (χ0v) is 12.9. The van der Waals surface area contributed by atoms with Gasteiger partial charge in [-0.1, -0.05) is 36.6 Å². The summed E-state index contributed by atoms with van der Waals surface area (Å²) in [6.07, 6.45) is 4.17. The van der Waals surface area contributed by atoms with Crippen LogP contribution in [0.3, 0.4) is 0 Å². The van der Waals surface area contributed by atoms with E-state index in [1.54, 1.807) is 18.2 Å². The van der Waals surface area contributed by atoms with Gasteiger partial charge in [0, 0.05) is 12.4 Å². The molecule has 0 unspecified atom stereocenters. The minimum atomic E-state index is -3.57. The Morgan fingerprint density at radius 1 is 1.21 bits per heavy atom. The van der Waals surface area contributed by atoms with E-state index < -0.39 is 10.0 Å². The largest absolute Gasteiger partial charge is 0.242 e. The van der Waals surface area contributed by atoms with Crippen molar-refractivity contribution < 1.29 is 8.42 Å². The van der Waals surface area contributed by atoms with Gasteiger partial charge in [0.2, 0.25) is 10.0 Å². The lowest BCUT2D eigenvalue weighted by Crippen LogP contribution is -2.37. The van der Waals surface area contributed by atoms with E-state index in [1.807, 2.05) is 0 Å². The molecule has 1 aromatic rings. The average Bonchev–Trinajstić information content (AvgIpc) is 2.86. The molecular formula is C13H17Cl2NO2S. The summed E-state index contributed by atoms with van der Waals surface area (Å²) in [4.78, 5) is 0.124. The van der Waals surface area contributed by atoms with Crippen molar-refractivity contribution in [2.45, 2.75) is 30.6 Å². The minimum absolute atomic E-state index is 0.101. The highest BCUT2D eigenvalue weighted by atomic mass is 35.5. The van der Waals surface area contributed by atoms with E-state index in [2.05, 4.69) is 4.72 Å². The quantitative estimate of drug-likeness (QED) is 0.844. The van der Waals surface area contributed by atoms with Crippen LogP contribution in [0.15, 0.2) is 29.2 Å². The average molecular weight is 322 g/mol. The summed E-state index contributed by atoms with van der Waals surface area (Å²) >= 11 is 11.9. The number of halogens is 2. The van der Waals surface area contributed by atoms with E-state index >= 15 is 0 Å². The number of alkyl halides is 1. The molecule has 106 valence electrons. The van der Waals surface area contributed by atoms with E-state index in [0.717, 1.165) is 25.7 Å². The first-order chi connectivity index (χ1) is 8.99. The molecule has 0 atom stereocenters. The van der Waals surface area contributed by atoms with Gasteiger partial charge < -0.3 is 0 Å². The van der Waals surface area contributed by atoms with Crippen molar-refractivity contribution in [1.29, 1.82) is 0 Å². The Kier molecular flexibility index (Phi) is 4.77. The van der Waals surface area contributed by atoms with Gasteiger partial charge in [-0.15, -0.1) is 11.6 Å². The zero-order valence-electron chi connectivity index (χ0n) is 10.5. The van der Waals surface area contributed by atoms with Gasteiger partial charge in [0.25, 0.3) is 0 Å². The van der Waals surface area contributed by atoms with E-state index in [1.165, 1.54) is 6.07 Å². The number of hydrogen-bond donors (Lipinski definition) is 1. The Labute approximate surface area is 124 Å². The highest BCUT2D eigenvalue weighted by Crippen LogP contribution is 2.38. The summed E-state index contributed by atoms with van der Waals surface area (Å²) in [7, 11) is -3.57. The second-order valence-corrected chi connectivity index (χ2v) is 7.51. The van der Waals surface area contributed by atoms with E-state index in [4.69, 9.17) is 23.2 Å². The molecule has 1 aliphatic rings. The number of hydrogen-bond acceptors (Lipinski definition) is 2. The van der Waals surface area contributed by atoms with Crippen molar-refractivity contribution in [2.24, 2.45) is 5.41 Å². The van der Waals surface area contributed by atoms with Crippen LogP contribution in [0.1, 0.15) is 25.7 Å². The van der Waals surface area contributed by atoms with Gasteiger partial charge in [0.1, 0.15) is 4.90 Å². The summed E-state index contributed by atoms with van der Waals surface area (Å²) in [6, 6.07) is 6.45. The van der Waals surface area contributed by atoms with E-state index in [0.29, 0.717) is 12.4 Å². The predicted molar refractivity (Wildman–Crippen MR) is 78.3 cm³/mol. The lowest BCUT2D eigenvalue weighted by molar-refractivity contribution is 0.342. The van der Waals surface area contributed by atoms with Crippen molar-refractivity contribution in [3.63, 3.8) is 0 Å². The summed E-state index contributed by atoms with van der Waals surface area (Å²) in [5, 5.41) is 0.237. The monoisotopic (exact) mass is 321 g/mol. The van der Waals surface area contributed by atoms with Crippen LogP contribution in [0.25, 0.3) is 0 Å². The Bertz CT molecular complexity index is 539. The highest BCUT2D eigenvalue weighted by molar-refractivity contribution is 7.89. The van der Waals surface area contributed by atoms with Gasteiger partial charge in [0.15, 0.2) is 0 Å². The van der Waals surface area contributed by atoms with Crippen LogP contribution < -0.4 is 4.72 Å². The Morgan fingerprint density at radius 2 is 1.84 bits per heavy atom. The van der Waals surface area contributed by atoms with Crippen molar-refractivity contribution in [2.75, 3.05) is 12.4 Å². The summed E-state index contributed by atoms with van der Waals surface area (Å²) in [5.74, 6) is 0.484. The van der Waals surface area contributed by atoms with Gasteiger partial charge in [0.05, 0.1) is 5.02 Å². The van der Waals surface area contributed by atoms with Crippen LogP contribution >= 0.6 is 23.2 Å². The fourth-order valence-corrected chi connectivity index (χ4v) is 4.51. The van der Waals surface area contributed by atoms with Crippen molar-refractivity contribution in [1.82, 2.24) is 4.72 Å². The molecule has 0 spiro atoms. The fraction of sp³-hybridized carbons (Fsp3) is 0.538. The molecule has 0 amide bonds. The summed E-state index contributed by atoms with van der Waals surface area (Å²) < 4.78 is 27.1. The van der Waals surface area contributed by atoms with Crippen LogP contribution in [0.5, 0.6) is 0 Å². The molecule has 1 aromatic carbocycles. The third kappa shape index (κ3) is 3.43. The SMILES string of the molecule is O=S(=O)(NCC1(CCl)CCCC1)c1ccccc1Cl. The van der Waals surface area contributed by atoms with Gasteiger partial charge in [-0.05, 0) is 30.4 Å². The summed E-state index contributed by atoms with van der Waals surface area (Å²) in [6.45, 7) is 0.379. The number of rotatable bonds is 5. The fourth-order valence-electron chi connectivity index (χ4n) is 2.47. The molecule has 0 radical (unpaired) electrons. The lowest BCUT2D eigenvalue weighted by Gasteiger charge is -2.26. The first-order valence-electron chi connectivity index (χ1n) is 6.29. The second-order valence-electron chi connectivity index (χ2n) is 5.10. The lowest BCUT2D eigenvalue weighted by atomic mass is 9.89. The molecule has 3 nitrogen and oxygen atoms in total. The molecule has 0 aromatic heterocycles. The van der Waals surface area contributed by atoms with Gasteiger partial charge in [-0.2, -0.15) is 0 Å². The van der Waals surface area contributed by atoms with Gasteiger partial charge in [-0.3, -0.25) is 0 Å². The number of benzene rings is 1. The standard InChI is InChI=1S/C13H17Cl2NO2S/c14-9-13(7-3-4-8-13)10-16-19(17,18)12-6-2-1-5-11(12)15/h1-2,5-6,16H,3-4,7-10H2. The van der Waals surface area contributed by atoms with Crippen LogP contribution in [0, 0.1) is 5.41 Å². The third-order valence-electron chi connectivity index (χ3n) is 3.71. The van der Waals surface area contributed by atoms with E-state index in [-0.39, 0.29) is 15.3 Å². The third-order valence-corrected chi connectivity index (χ3v) is 6.18.